The monoisotopic (exact) mass is 369 g/mol. The van der Waals surface area contributed by atoms with Gasteiger partial charge in [0.15, 0.2) is 0 Å². The summed E-state index contributed by atoms with van der Waals surface area (Å²) in [6.07, 6.45) is 0. The summed E-state index contributed by atoms with van der Waals surface area (Å²) in [6.45, 7) is 5.12. The Bertz CT molecular complexity index is 794. The molecular formula is C18H23N7S. The first kappa shape index (κ1) is 17.1. The maximum Gasteiger partial charge on any atom is 0.247 e. The summed E-state index contributed by atoms with van der Waals surface area (Å²) in [5.74, 6) is 0.673. The van der Waals surface area contributed by atoms with E-state index in [0.29, 0.717) is 12.0 Å². The van der Waals surface area contributed by atoms with Crippen LogP contribution in [0.5, 0.6) is 0 Å². The molecule has 1 atom stereocenters. The second kappa shape index (κ2) is 7.94. The molecule has 0 aliphatic carbocycles. The van der Waals surface area contributed by atoms with Crippen molar-refractivity contribution in [1.82, 2.24) is 30.0 Å². The van der Waals surface area contributed by atoms with Gasteiger partial charge in [-0.25, -0.2) is 0 Å². The van der Waals surface area contributed by atoms with E-state index in [9.17, 15) is 0 Å². The zero-order chi connectivity index (χ0) is 17.8. The number of likely N-dealkylation sites (N-methyl/N-ethyl adjacent to an activating group) is 1. The van der Waals surface area contributed by atoms with Gasteiger partial charge in [0.05, 0.1) is 11.7 Å². The van der Waals surface area contributed by atoms with Gasteiger partial charge in [-0.3, -0.25) is 4.90 Å². The maximum absolute atomic E-state index is 4.17. The second-order valence-electron chi connectivity index (χ2n) is 6.50. The van der Waals surface area contributed by atoms with Crippen molar-refractivity contribution in [2.45, 2.75) is 6.04 Å². The van der Waals surface area contributed by atoms with E-state index in [4.69, 9.17) is 0 Å². The standard InChI is InChI=1S/C18H23N7S/c1-23-9-11-24(12-10-23)16(17-8-5-13-26-17)14-19-18-20-21-22-25(18)15-6-3-2-4-7-15/h2-8,13,16H,9-12,14H2,1H3,(H,19,20,22)/t16-/m1/s1. The van der Waals surface area contributed by atoms with Crippen molar-refractivity contribution in [2.75, 3.05) is 45.1 Å². The molecule has 26 heavy (non-hydrogen) atoms. The van der Waals surface area contributed by atoms with Crippen LogP contribution in [-0.4, -0.2) is 69.8 Å². The lowest BCUT2D eigenvalue weighted by molar-refractivity contribution is 0.117. The van der Waals surface area contributed by atoms with Crippen molar-refractivity contribution >= 4 is 17.3 Å². The molecule has 2 aromatic heterocycles. The first-order chi connectivity index (χ1) is 12.8. The number of anilines is 1. The predicted octanol–water partition coefficient (Wildman–Crippen LogP) is 2.12. The number of nitrogens with zero attached hydrogens (tertiary/aromatic N) is 6. The summed E-state index contributed by atoms with van der Waals surface area (Å²) in [5, 5.41) is 17.8. The molecule has 1 aromatic carbocycles. The van der Waals surface area contributed by atoms with E-state index >= 15 is 0 Å². The molecule has 3 aromatic rings. The van der Waals surface area contributed by atoms with Crippen molar-refractivity contribution in [3.63, 3.8) is 0 Å². The molecule has 1 N–H and O–H groups in total. The second-order valence-corrected chi connectivity index (χ2v) is 7.48. The Kier molecular flexibility index (Phi) is 5.24. The molecule has 1 aliphatic heterocycles. The van der Waals surface area contributed by atoms with Crippen LogP contribution < -0.4 is 5.32 Å². The molecule has 0 radical (unpaired) electrons. The predicted molar refractivity (Wildman–Crippen MR) is 104 cm³/mol. The highest BCUT2D eigenvalue weighted by atomic mass is 32.1. The topological polar surface area (TPSA) is 62.1 Å². The number of para-hydroxylation sites is 1. The van der Waals surface area contributed by atoms with Gasteiger partial charge in [0.2, 0.25) is 5.95 Å². The number of hydrogen-bond donors (Lipinski definition) is 1. The number of benzene rings is 1. The molecule has 136 valence electrons. The SMILES string of the molecule is CN1CCN([C@H](CNc2nnnn2-c2ccccc2)c2cccs2)CC1. The average molecular weight is 369 g/mol. The lowest BCUT2D eigenvalue weighted by Gasteiger charge is -2.37. The third-order valence-electron chi connectivity index (χ3n) is 4.77. The molecule has 1 fully saturated rings. The van der Waals surface area contributed by atoms with Crippen molar-refractivity contribution in [3.05, 3.63) is 52.7 Å². The Morgan fingerprint density at radius 3 is 2.62 bits per heavy atom. The number of tetrazole rings is 1. The van der Waals surface area contributed by atoms with E-state index in [1.807, 2.05) is 41.7 Å². The normalized spacial score (nSPS) is 17.3. The number of piperazine rings is 1. The quantitative estimate of drug-likeness (QED) is 0.718. The number of nitrogens with one attached hydrogen (secondary N) is 1. The van der Waals surface area contributed by atoms with Gasteiger partial charge in [0.25, 0.3) is 0 Å². The molecule has 0 amide bonds. The largest absolute Gasteiger partial charge is 0.351 e. The summed E-state index contributed by atoms with van der Waals surface area (Å²) >= 11 is 1.81. The minimum absolute atomic E-state index is 0.324. The molecule has 0 bridgehead atoms. The fraction of sp³-hybridized carbons (Fsp3) is 0.389. The highest BCUT2D eigenvalue weighted by molar-refractivity contribution is 7.10. The van der Waals surface area contributed by atoms with Crippen LogP contribution in [0, 0.1) is 0 Å². The number of aromatic nitrogens is 4. The van der Waals surface area contributed by atoms with Crippen molar-refractivity contribution in [2.24, 2.45) is 0 Å². The zero-order valence-corrected chi connectivity index (χ0v) is 15.6. The fourth-order valence-electron chi connectivity index (χ4n) is 3.25. The lowest BCUT2D eigenvalue weighted by atomic mass is 10.1. The van der Waals surface area contributed by atoms with Crippen molar-refractivity contribution < 1.29 is 0 Å². The number of hydrogen-bond acceptors (Lipinski definition) is 7. The van der Waals surface area contributed by atoms with E-state index < -0.39 is 0 Å². The molecule has 1 aliphatic rings. The van der Waals surface area contributed by atoms with Crippen LogP contribution in [0.2, 0.25) is 0 Å². The first-order valence-corrected chi connectivity index (χ1v) is 9.73. The van der Waals surface area contributed by atoms with Crippen LogP contribution in [0.3, 0.4) is 0 Å². The first-order valence-electron chi connectivity index (χ1n) is 8.85. The van der Waals surface area contributed by atoms with Gasteiger partial charge >= 0.3 is 0 Å². The summed E-state index contributed by atoms with van der Waals surface area (Å²) in [4.78, 5) is 6.31. The molecule has 0 spiro atoms. The van der Waals surface area contributed by atoms with Crippen molar-refractivity contribution in [1.29, 1.82) is 0 Å². The lowest BCUT2D eigenvalue weighted by Crippen LogP contribution is -2.47. The summed E-state index contributed by atoms with van der Waals surface area (Å²) in [7, 11) is 2.18. The van der Waals surface area contributed by atoms with E-state index in [1.54, 1.807) is 4.68 Å². The van der Waals surface area contributed by atoms with Gasteiger partial charge < -0.3 is 10.2 Å². The smallest absolute Gasteiger partial charge is 0.247 e. The van der Waals surface area contributed by atoms with E-state index in [0.717, 1.165) is 38.4 Å². The maximum atomic E-state index is 4.17. The van der Waals surface area contributed by atoms with Crippen LogP contribution in [0.1, 0.15) is 10.9 Å². The molecule has 4 rings (SSSR count). The van der Waals surface area contributed by atoms with E-state index in [1.165, 1.54) is 4.88 Å². The molecular weight excluding hydrogens is 346 g/mol. The minimum atomic E-state index is 0.324. The Balaban J connectivity index is 1.50. The summed E-state index contributed by atoms with van der Waals surface area (Å²) < 4.78 is 1.75. The van der Waals surface area contributed by atoms with Crippen LogP contribution in [0.25, 0.3) is 5.69 Å². The number of rotatable bonds is 6. The molecule has 7 nitrogen and oxygen atoms in total. The third kappa shape index (κ3) is 3.77. The van der Waals surface area contributed by atoms with E-state index in [2.05, 4.69) is 55.2 Å². The summed E-state index contributed by atoms with van der Waals surface area (Å²) in [6, 6.07) is 14.6. The Morgan fingerprint density at radius 2 is 1.88 bits per heavy atom. The number of thiophene rings is 1. The van der Waals surface area contributed by atoms with Crippen LogP contribution in [0.15, 0.2) is 47.8 Å². The molecule has 0 saturated carbocycles. The van der Waals surface area contributed by atoms with Gasteiger partial charge in [-0.15, -0.1) is 11.3 Å². The van der Waals surface area contributed by atoms with Gasteiger partial charge in [-0.2, -0.15) is 4.68 Å². The summed E-state index contributed by atoms with van der Waals surface area (Å²) in [5.41, 5.74) is 0.951. The highest BCUT2D eigenvalue weighted by Crippen LogP contribution is 2.26. The van der Waals surface area contributed by atoms with Gasteiger partial charge in [-0.1, -0.05) is 29.4 Å². The van der Waals surface area contributed by atoms with Gasteiger partial charge in [0, 0.05) is 37.6 Å². The highest BCUT2D eigenvalue weighted by Gasteiger charge is 2.25. The molecule has 8 heteroatoms. The molecule has 1 saturated heterocycles. The zero-order valence-electron chi connectivity index (χ0n) is 14.8. The Morgan fingerprint density at radius 1 is 1.08 bits per heavy atom. The van der Waals surface area contributed by atoms with Gasteiger partial charge in [-0.05, 0) is 41.1 Å². The van der Waals surface area contributed by atoms with Crippen LogP contribution in [0.4, 0.5) is 5.95 Å². The Hall–Kier alpha value is -2.29. The van der Waals surface area contributed by atoms with Crippen LogP contribution in [-0.2, 0) is 0 Å². The van der Waals surface area contributed by atoms with Gasteiger partial charge in [0.1, 0.15) is 0 Å². The van der Waals surface area contributed by atoms with E-state index in [-0.39, 0.29) is 0 Å². The Labute approximate surface area is 157 Å². The minimum Gasteiger partial charge on any atom is -0.351 e. The molecule has 3 heterocycles. The molecule has 0 unspecified atom stereocenters. The average Bonchev–Trinajstić information content (AvgIpc) is 3.36. The van der Waals surface area contributed by atoms with Crippen LogP contribution >= 0.6 is 11.3 Å². The fourth-order valence-corrected chi connectivity index (χ4v) is 4.11. The third-order valence-corrected chi connectivity index (χ3v) is 5.75. The van der Waals surface area contributed by atoms with Crippen molar-refractivity contribution in [3.8, 4) is 5.69 Å².